The molecule has 3 heterocycles. The summed E-state index contributed by atoms with van der Waals surface area (Å²) in [6.45, 7) is 0. The molecule has 0 bridgehead atoms. The molecule has 4 rings (SSSR count). The van der Waals surface area contributed by atoms with Gasteiger partial charge in [0.25, 0.3) is 0 Å². The highest BCUT2D eigenvalue weighted by Gasteiger charge is 2.42. The number of hydrogen-bond donors (Lipinski definition) is 0. The van der Waals surface area contributed by atoms with Crippen molar-refractivity contribution in [2.45, 2.75) is 24.4 Å². The number of fused-ring (bicyclic) bond motifs is 1. The predicted octanol–water partition coefficient (Wildman–Crippen LogP) is 4.07. The van der Waals surface area contributed by atoms with E-state index >= 15 is 0 Å². The minimum absolute atomic E-state index is 0.128. The highest BCUT2D eigenvalue weighted by atomic mass is 35.5. The molecule has 1 fully saturated rings. The van der Waals surface area contributed by atoms with E-state index in [2.05, 4.69) is 15.1 Å². The molecule has 118 valence electrons. The molecule has 4 nitrogen and oxygen atoms in total. The number of halogens is 4. The van der Waals surface area contributed by atoms with Gasteiger partial charge in [0.15, 0.2) is 5.65 Å². The van der Waals surface area contributed by atoms with Crippen molar-refractivity contribution in [2.75, 3.05) is 0 Å². The van der Waals surface area contributed by atoms with Gasteiger partial charge in [0.2, 0.25) is 0 Å². The van der Waals surface area contributed by atoms with Crippen molar-refractivity contribution in [2.24, 2.45) is 0 Å². The van der Waals surface area contributed by atoms with Gasteiger partial charge in [0, 0.05) is 24.2 Å². The number of rotatable bonds is 2. The van der Waals surface area contributed by atoms with Crippen LogP contribution in [0.5, 0.6) is 0 Å². The van der Waals surface area contributed by atoms with Crippen molar-refractivity contribution in [1.29, 1.82) is 0 Å². The van der Waals surface area contributed by atoms with Crippen LogP contribution in [0.3, 0.4) is 0 Å². The van der Waals surface area contributed by atoms with E-state index in [1.165, 1.54) is 12.3 Å². The van der Waals surface area contributed by atoms with Crippen LogP contribution in [0.25, 0.3) is 5.65 Å². The number of nitrogens with zero attached hydrogens (tertiary/aromatic N) is 4. The van der Waals surface area contributed by atoms with Crippen molar-refractivity contribution >= 4 is 17.2 Å². The van der Waals surface area contributed by atoms with Crippen LogP contribution >= 0.6 is 11.6 Å². The highest BCUT2D eigenvalue weighted by molar-refractivity contribution is 6.29. The molecule has 1 aliphatic carbocycles. The molecule has 0 radical (unpaired) electrons. The van der Waals surface area contributed by atoms with Crippen molar-refractivity contribution < 1.29 is 13.2 Å². The Bertz CT molecular complexity index is 873. The third-order valence-corrected chi connectivity index (χ3v) is 4.24. The van der Waals surface area contributed by atoms with E-state index in [4.69, 9.17) is 11.6 Å². The molecule has 1 aliphatic rings. The number of pyridine rings is 1. The first-order valence-corrected chi connectivity index (χ1v) is 7.34. The lowest BCUT2D eigenvalue weighted by Gasteiger charge is -2.07. The van der Waals surface area contributed by atoms with Crippen LogP contribution in [0.2, 0.25) is 5.15 Å². The molecule has 0 amide bonds. The molecule has 0 spiro atoms. The lowest BCUT2D eigenvalue weighted by atomic mass is 10.1. The lowest BCUT2D eigenvalue weighted by molar-refractivity contribution is -0.141. The van der Waals surface area contributed by atoms with Gasteiger partial charge in [-0.3, -0.25) is 4.98 Å². The van der Waals surface area contributed by atoms with Crippen LogP contribution in [0.15, 0.2) is 36.8 Å². The normalized spacial score (nSPS) is 20.9. The summed E-state index contributed by atoms with van der Waals surface area (Å²) >= 11 is 6.02. The van der Waals surface area contributed by atoms with Gasteiger partial charge >= 0.3 is 6.18 Å². The summed E-state index contributed by atoms with van der Waals surface area (Å²) in [5, 5.41) is 4.49. The Morgan fingerprint density at radius 3 is 2.70 bits per heavy atom. The van der Waals surface area contributed by atoms with Gasteiger partial charge in [-0.1, -0.05) is 17.7 Å². The summed E-state index contributed by atoms with van der Waals surface area (Å²) in [5.74, 6) is 0.294. The SMILES string of the molecule is FC(F)(F)c1ccc(C2C[C@@H]2c2cc(Cl)nn3ccnc23)cn1. The lowest BCUT2D eigenvalue weighted by Crippen LogP contribution is -2.07. The Labute approximate surface area is 133 Å². The summed E-state index contributed by atoms with van der Waals surface area (Å²) in [7, 11) is 0. The Kier molecular flexibility index (Phi) is 3.09. The topological polar surface area (TPSA) is 43.1 Å². The predicted molar refractivity (Wildman–Crippen MR) is 77.3 cm³/mol. The van der Waals surface area contributed by atoms with E-state index in [-0.39, 0.29) is 11.8 Å². The third kappa shape index (κ3) is 2.55. The number of alkyl halides is 3. The van der Waals surface area contributed by atoms with Crippen molar-refractivity contribution in [3.05, 3.63) is 58.8 Å². The van der Waals surface area contributed by atoms with Crippen LogP contribution in [0.4, 0.5) is 13.2 Å². The molecule has 0 aromatic carbocycles. The second-order valence-corrected chi connectivity index (χ2v) is 5.93. The molecule has 0 N–H and O–H groups in total. The molecule has 1 saturated carbocycles. The van der Waals surface area contributed by atoms with Crippen molar-refractivity contribution in [1.82, 2.24) is 19.6 Å². The van der Waals surface area contributed by atoms with E-state index in [0.717, 1.165) is 29.3 Å². The van der Waals surface area contributed by atoms with Gasteiger partial charge in [0.05, 0.1) is 0 Å². The molecular weight excluding hydrogens is 329 g/mol. The maximum Gasteiger partial charge on any atom is 0.433 e. The smallest absolute Gasteiger partial charge is 0.251 e. The monoisotopic (exact) mass is 338 g/mol. The van der Waals surface area contributed by atoms with Gasteiger partial charge in [0.1, 0.15) is 10.8 Å². The van der Waals surface area contributed by atoms with Crippen LogP contribution in [-0.2, 0) is 6.18 Å². The fourth-order valence-electron chi connectivity index (χ4n) is 2.88. The third-order valence-electron chi connectivity index (χ3n) is 4.05. The largest absolute Gasteiger partial charge is 0.433 e. The van der Waals surface area contributed by atoms with Gasteiger partial charge in [-0.25, -0.2) is 9.50 Å². The Hall–Kier alpha value is -2.15. The molecule has 2 atom stereocenters. The molecular formula is C15H10ClF3N4. The zero-order valence-electron chi connectivity index (χ0n) is 11.6. The Morgan fingerprint density at radius 2 is 2.00 bits per heavy atom. The second kappa shape index (κ2) is 4.92. The maximum absolute atomic E-state index is 12.6. The fourth-order valence-corrected chi connectivity index (χ4v) is 3.08. The molecule has 23 heavy (non-hydrogen) atoms. The van der Waals surface area contributed by atoms with Gasteiger partial charge in [-0.2, -0.15) is 18.3 Å². The van der Waals surface area contributed by atoms with Gasteiger partial charge in [-0.15, -0.1) is 0 Å². The van der Waals surface area contributed by atoms with Crippen LogP contribution < -0.4 is 0 Å². The highest BCUT2D eigenvalue weighted by Crippen LogP contribution is 2.55. The van der Waals surface area contributed by atoms with Crippen LogP contribution in [-0.4, -0.2) is 19.6 Å². The summed E-state index contributed by atoms with van der Waals surface area (Å²) < 4.78 is 39.3. The standard InChI is InChI=1S/C15H10ClF3N4/c16-13-6-11(14-20-3-4-23(14)22-13)10-5-9(10)8-1-2-12(21-7-8)15(17,18)19/h1-4,6-7,9-10H,5H2/t9?,10-/m0/s1. The molecule has 0 aliphatic heterocycles. The average Bonchev–Trinajstić information content (AvgIpc) is 3.16. The Balaban J connectivity index is 1.63. The van der Waals surface area contributed by atoms with E-state index in [0.29, 0.717) is 5.15 Å². The fraction of sp³-hybridized carbons (Fsp3) is 0.267. The molecule has 3 aromatic heterocycles. The maximum atomic E-state index is 12.6. The molecule has 0 saturated heterocycles. The van der Waals surface area contributed by atoms with Gasteiger partial charge < -0.3 is 0 Å². The Morgan fingerprint density at radius 1 is 1.17 bits per heavy atom. The summed E-state index contributed by atoms with van der Waals surface area (Å²) in [6.07, 6.45) is 1.07. The van der Waals surface area contributed by atoms with Crippen molar-refractivity contribution in [3.8, 4) is 0 Å². The number of aromatic nitrogens is 4. The minimum atomic E-state index is -4.41. The number of hydrogen-bond acceptors (Lipinski definition) is 3. The first-order valence-electron chi connectivity index (χ1n) is 6.96. The second-order valence-electron chi connectivity index (χ2n) is 5.54. The molecule has 1 unspecified atom stereocenters. The first kappa shape index (κ1) is 14.4. The first-order chi connectivity index (χ1) is 10.9. The van der Waals surface area contributed by atoms with Crippen molar-refractivity contribution in [3.63, 3.8) is 0 Å². The zero-order valence-corrected chi connectivity index (χ0v) is 12.4. The van der Waals surface area contributed by atoms with E-state index < -0.39 is 11.9 Å². The average molecular weight is 339 g/mol. The minimum Gasteiger partial charge on any atom is -0.251 e. The van der Waals surface area contributed by atoms with E-state index in [9.17, 15) is 13.2 Å². The van der Waals surface area contributed by atoms with E-state index in [1.807, 2.05) is 0 Å². The quantitative estimate of drug-likeness (QED) is 0.707. The number of imidazole rings is 1. The molecule has 3 aromatic rings. The van der Waals surface area contributed by atoms with Crippen LogP contribution in [0, 0.1) is 0 Å². The summed E-state index contributed by atoms with van der Waals surface area (Å²) in [4.78, 5) is 7.80. The van der Waals surface area contributed by atoms with Crippen LogP contribution in [0.1, 0.15) is 35.1 Å². The molecule has 8 heteroatoms. The summed E-state index contributed by atoms with van der Waals surface area (Å²) in [5.41, 5.74) is 1.60. The zero-order chi connectivity index (χ0) is 16.2. The van der Waals surface area contributed by atoms with E-state index in [1.54, 1.807) is 23.0 Å². The summed E-state index contributed by atoms with van der Waals surface area (Å²) in [6, 6.07) is 4.29. The van der Waals surface area contributed by atoms with Gasteiger partial charge in [-0.05, 0) is 36.0 Å².